The van der Waals surface area contributed by atoms with E-state index in [4.69, 9.17) is 4.74 Å². The van der Waals surface area contributed by atoms with Gasteiger partial charge in [-0.1, -0.05) is 205 Å². The third-order valence-electron chi connectivity index (χ3n) is 20.6. The van der Waals surface area contributed by atoms with E-state index >= 15 is 0 Å². The number of rotatable bonds is 8. The zero-order chi connectivity index (χ0) is 68.3. The summed E-state index contributed by atoms with van der Waals surface area (Å²) < 4.78 is 95.8. The van der Waals surface area contributed by atoms with Gasteiger partial charge < -0.3 is 24.3 Å². The van der Waals surface area contributed by atoms with Gasteiger partial charge in [0.05, 0.1) is 28.4 Å². The van der Waals surface area contributed by atoms with Gasteiger partial charge >= 0.3 is 0 Å². The fraction of sp³-hybridized carbons (Fsp3) is 0.181. The van der Waals surface area contributed by atoms with Gasteiger partial charge in [0.25, 0.3) is 6.71 Å². The molecule has 0 radical (unpaired) electrons. The average molecular weight is 1190 g/mol. The minimum atomic E-state index is -3.63. The molecule has 2 unspecified atom stereocenters. The molecule has 0 spiro atoms. The minimum Gasteiger partial charge on any atom is -0.484 e. The number of anilines is 12. The van der Waals surface area contributed by atoms with Crippen LogP contribution >= 0.6 is 11.3 Å². The van der Waals surface area contributed by atoms with Crippen molar-refractivity contribution in [3.8, 4) is 28.0 Å². The van der Waals surface area contributed by atoms with Crippen LogP contribution in [0.5, 0.6) is 5.75 Å². The van der Waals surface area contributed by atoms with Gasteiger partial charge in [0.15, 0.2) is 0 Å². The molecule has 90 heavy (non-hydrogen) atoms. The minimum absolute atomic E-state index is 0.333. The Morgan fingerprint density at radius 2 is 1.08 bits per heavy atom. The molecular weight excluding hydrogens is 1110 g/mol. The van der Waals surface area contributed by atoms with E-state index in [1.54, 1.807) is 23.5 Å². The highest BCUT2D eigenvalue weighted by atomic mass is 32.1. The largest absolute Gasteiger partial charge is 0.484 e. The van der Waals surface area contributed by atoms with Gasteiger partial charge in [0.2, 0.25) is 0 Å². The summed E-state index contributed by atoms with van der Waals surface area (Å²) in [6.45, 7) is -2.42. The highest BCUT2D eigenvalue weighted by Crippen LogP contribution is 2.62. The van der Waals surface area contributed by atoms with Gasteiger partial charge in [0.1, 0.15) is 11.4 Å². The van der Waals surface area contributed by atoms with E-state index in [1.165, 1.54) is 11.1 Å². The molecule has 11 aromatic carbocycles. The van der Waals surface area contributed by atoms with Crippen molar-refractivity contribution >= 4 is 112 Å². The standard InChI is InChI=1S/C83H71BN4OS/c1-80(2,3)57-50-73-76-74(51-57)88(68-45-43-60(52-62(68)55-29-14-9-15-30-55)86-69-38-22-20-35-64(69)81(4,5)65-36-21-23-39-70(65)86)77-63-49-56(54-27-12-8-13-28-54)41-46-75(63)90-79(77)84(76)67-44-42-61(85(58-31-16-10-17-32-58)59-33-18-11-19-34-59)53-72(67)87(73)71-40-26-37-66-78(71)89-83(7)48-25-24-47-82(66,83)6/h8-23,26-46,49-53H,24-25,47-48H2,1-7H3/i1D3,2D3,3D3. The maximum Gasteiger partial charge on any atom is 0.264 e. The number of benzene rings is 11. The van der Waals surface area contributed by atoms with Crippen molar-refractivity contribution in [2.24, 2.45) is 0 Å². The lowest BCUT2D eigenvalue weighted by molar-refractivity contribution is 0.00770. The summed E-state index contributed by atoms with van der Waals surface area (Å²) in [6, 6.07) is 87.4. The fourth-order valence-corrected chi connectivity index (χ4v) is 17.2. The zero-order valence-corrected chi connectivity index (χ0v) is 51.6. The van der Waals surface area contributed by atoms with Crippen LogP contribution in [0, 0.1) is 0 Å². The molecule has 0 saturated heterocycles. The molecule has 1 saturated carbocycles. The van der Waals surface area contributed by atoms with Crippen molar-refractivity contribution in [3.05, 3.63) is 277 Å². The summed E-state index contributed by atoms with van der Waals surface area (Å²) in [5.41, 5.74) is 13.0. The lowest BCUT2D eigenvalue weighted by Gasteiger charge is -2.45. The Balaban J connectivity index is 1.03. The lowest BCUT2D eigenvalue weighted by Crippen LogP contribution is -2.60. The van der Waals surface area contributed by atoms with Crippen LogP contribution in [-0.4, -0.2) is 12.3 Å². The zero-order valence-electron chi connectivity index (χ0n) is 59.8. The molecule has 7 heteroatoms. The summed E-state index contributed by atoms with van der Waals surface area (Å²) in [7, 11) is 0. The van der Waals surface area contributed by atoms with Crippen molar-refractivity contribution in [1.82, 2.24) is 0 Å². The average Bonchev–Trinajstić information content (AvgIpc) is 1.66. The van der Waals surface area contributed by atoms with Gasteiger partial charge in [-0.15, -0.1) is 11.3 Å². The predicted molar refractivity (Wildman–Crippen MR) is 382 cm³/mol. The summed E-state index contributed by atoms with van der Waals surface area (Å²) in [5.74, 6) is 0.671. The molecule has 2 atom stereocenters. The normalized spacial score (nSPS) is 20.1. The number of fused-ring (bicyclic) bond motifs is 11. The quantitative estimate of drug-likeness (QED) is 0.141. The van der Waals surface area contributed by atoms with Crippen LogP contribution in [-0.2, 0) is 16.2 Å². The Kier molecular flexibility index (Phi) is 10.3. The van der Waals surface area contributed by atoms with E-state index in [1.807, 2.05) is 72.8 Å². The second-order valence-electron chi connectivity index (χ2n) is 26.0. The second-order valence-corrected chi connectivity index (χ2v) is 27.1. The molecule has 1 aliphatic carbocycles. The van der Waals surface area contributed by atoms with Crippen LogP contribution in [0.4, 0.5) is 68.2 Å². The van der Waals surface area contributed by atoms with Crippen LogP contribution in [0.25, 0.3) is 32.3 Å². The third-order valence-corrected chi connectivity index (χ3v) is 21.8. The summed E-state index contributed by atoms with van der Waals surface area (Å²) in [5, 5.41) is 0.908. The first kappa shape index (κ1) is 45.7. The van der Waals surface area contributed by atoms with E-state index in [-0.39, 0.29) is 11.0 Å². The third kappa shape index (κ3) is 8.14. The molecule has 1 fully saturated rings. The molecule has 5 nitrogen and oxygen atoms in total. The summed E-state index contributed by atoms with van der Waals surface area (Å²) >= 11 is 1.70. The van der Waals surface area contributed by atoms with E-state index < -0.39 is 43.7 Å². The maximum absolute atomic E-state index is 9.59. The SMILES string of the molecule is [2H]C([2H])([2H])C(c1cc2c3c(c1)N(c1ccc(N4c5ccccc5C(C)(C)c5ccccc54)cc1-c1ccccc1)c1c(sc4ccc(-c5ccccc5)cc14)B3c1ccc(N(c3ccccc3)c3ccccc3)cc1N2c1cccc2c1OC1(C)CCCCC21C)(C([2H])([2H])[2H])C([2H])([2H])[2H]. The Morgan fingerprint density at radius 3 is 1.76 bits per heavy atom. The molecule has 0 amide bonds. The monoisotopic (exact) mass is 1190 g/mol. The molecule has 12 aromatic rings. The number of thiophene rings is 1. The van der Waals surface area contributed by atoms with Crippen LogP contribution < -0.4 is 40.0 Å². The van der Waals surface area contributed by atoms with Gasteiger partial charge in [0, 0.05) is 89.0 Å². The maximum atomic E-state index is 9.59. The smallest absolute Gasteiger partial charge is 0.264 e. The van der Waals surface area contributed by atoms with Crippen LogP contribution in [0.2, 0.25) is 0 Å². The highest BCUT2D eigenvalue weighted by molar-refractivity contribution is 7.33. The van der Waals surface area contributed by atoms with Gasteiger partial charge in [-0.2, -0.15) is 0 Å². The number of ether oxygens (including phenoxy) is 1. The second kappa shape index (κ2) is 20.2. The molecule has 5 aliphatic rings. The van der Waals surface area contributed by atoms with E-state index in [9.17, 15) is 12.3 Å². The van der Waals surface area contributed by atoms with Crippen molar-refractivity contribution in [1.29, 1.82) is 0 Å². The summed E-state index contributed by atoms with van der Waals surface area (Å²) in [4.78, 5) is 8.92. The first-order chi connectivity index (χ1) is 47.5. The Hall–Kier alpha value is -9.56. The molecule has 438 valence electrons. The molecule has 0 N–H and O–H groups in total. The predicted octanol–water partition coefficient (Wildman–Crippen LogP) is 21.2. The number of hydrogen-bond acceptors (Lipinski definition) is 6. The van der Waals surface area contributed by atoms with Crippen LogP contribution in [0.1, 0.15) is 109 Å². The van der Waals surface area contributed by atoms with Crippen LogP contribution in [0.15, 0.2) is 255 Å². The van der Waals surface area contributed by atoms with Crippen molar-refractivity contribution in [2.45, 2.75) is 95.8 Å². The van der Waals surface area contributed by atoms with Gasteiger partial charge in [-0.05, 0) is 173 Å². The lowest BCUT2D eigenvalue weighted by atomic mass is 9.36. The molecule has 1 aromatic heterocycles. The Labute approximate surface area is 546 Å². The van der Waals surface area contributed by atoms with Crippen molar-refractivity contribution in [2.75, 3.05) is 19.6 Å². The number of nitrogens with zero attached hydrogens (tertiary/aromatic N) is 4. The molecule has 4 aliphatic heterocycles. The number of para-hydroxylation sites is 5. The van der Waals surface area contributed by atoms with Gasteiger partial charge in [-0.25, -0.2) is 0 Å². The van der Waals surface area contributed by atoms with E-state index in [0.29, 0.717) is 28.5 Å². The van der Waals surface area contributed by atoms with E-state index in [2.05, 4.69) is 217 Å². The highest BCUT2D eigenvalue weighted by Gasteiger charge is 2.57. The molecule has 5 heterocycles. The summed E-state index contributed by atoms with van der Waals surface area (Å²) in [6.07, 6.45) is 3.72. The Morgan fingerprint density at radius 1 is 0.478 bits per heavy atom. The van der Waals surface area contributed by atoms with Gasteiger partial charge in [-0.3, -0.25) is 0 Å². The topological polar surface area (TPSA) is 22.2 Å². The number of hydrogen-bond donors (Lipinski definition) is 0. The van der Waals surface area contributed by atoms with E-state index in [0.717, 1.165) is 125 Å². The van der Waals surface area contributed by atoms with Crippen LogP contribution in [0.3, 0.4) is 0 Å². The first-order valence-electron chi connectivity index (χ1n) is 36.0. The molecule has 0 bridgehead atoms. The molecular formula is C83H71BN4OS. The van der Waals surface area contributed by atoms with Crippen molar-refractivity contribution in [3.63, 3.8) is 0 Å². The first-order valence-corrected chi connectivity index (χ1v) is 32.3. The Bertz CT molecular complexity index is 5090. The van der Waals surface area contributed by atoms with Crippen molar-refractivity contribution < 1.29 is 17.1 Å². The fourth-order valence-electron chi connectivity index (χ4n) is 15.9. The molecule has 17 rings (SSSR count).